The lowest BCUT2D eigenvalue weighted by Gasteiger charge is -2.43. The van der Waals surface area contributed by atoms with Crippen LogP contribution in [0.15, 0.2) is 18.5 Å². The molecule has 3 heterocycles. The Kier molecular flexibility index (Phi) is 3.43. The van der Waals surface area contributed by atoms with Crippen molar-refractivity contribution in [3.8, 4) is 0 Å². The van der Waals surface area contributed by atoms with Crippen molar-refractivity contribution < 1.29 is 9.59 Å². The van der Waals surface area contributed by atoms with Crippen LogP contribution in [0.2, 0.25) is 0 Å². The average Bonchev–Trinajstić information content (AvgIpc) is 2.88. The van der Waals surface area contributed by atoms with Crippen molar-refractivity contribution in [1.29, 1.82) is 0 Å². The molecule has 3 rings (SSSR count). The molecule has 2 fully saturated rings. The number of likely N-dealkylation sites (N-methyl/N-ethyl adjacent to an activating group) is 1. The van der Waals surface area contributed by atoms with Crippen molar-refractivity contribution in [3.63, 3.8) is 0 Å². The Morgan fingerprint density at radius 1 is 1.24 bits per heavy atom. The van der Waals surface area contributed by atoms with Gasteiger partial charge in [-0.3, -0.25) is 14.6 Å². The third kappa shape index (κ3) is 2.20. The number of nitrogens with zero attached hydrogens (tertiary/aromatic N) is 3. The fraction of sp³-hybridized carbons (Fsp3) is 0.562. The summed E-state index contributed by atoms with van der Waals surface area (Å²) in [5, 5.41) is 0. The second kappa shape index (κ2) is 5.13. The number of likely N-dealkylation sites (tertiary alicyclic amines) is 2. The van der Waals surface area contributed by atoms with Crippen molar-refractivity contribution in [2.45, 2.75) is 38.1 Å². The van der Waals surface area contributed by atoms with E-state index in [-0.39, 0.29) is 11.8 Å². The molecule has 112 valence electrons. The van der Waals surface area contributed by atoms with Crippen molar-refractivity contribution in [2.75, 3.05) is 20.1 Å². The molecule has 1 spiro atoms. The number of piperidine rings is 1. The standard InChI is InChI=1S/C16H21N3O2/c1-12-9-13(11-17-10-12)14(20)19-8-4-6-16(19)5-3-7-18(2)15(16)21/h9-11H,3-8H2,1-2H3. The van der Waals surface area contributed by atoms with Gasteiger partial charge in [-0.15, -0.1) is 0 Å². The number of aromatic nitrogens is 1. The molecule has 2 saturated heterocycles. The summed E-state index contributed by atoms with van der Waals surface area (Å²) in [5.41, 5.74) is 0.923. The second-order valence-electron chi connectivity index (χ2n) is 6.17. The van der Waals surface area contributed by atoms with Crippen LogP contribution in [-0.4, -0.2) is 52.3 Å². The average molecular weight is 287 g/mol. The van der Waals surface area contributed by atoms with E-state index in [9.17, 15) is 9.59 Å². The fourth-order valence-corrected chi connectivity index (χ4v) is 3.66. The maximum Gasteiger partial charge on any atom is 0.256 e. The lowest BCUT2D eigenvalue weighted by molar-refractivity contribution is -0.144. The third-order valence-corrected chi connectivity index (χ3v) is 4.68. The Bertz CT molecular complexity index is 587. The van der Waals surface area contributed by atoms with E-state index >= 15 is 0 Å². The van der Waals surface area contributed by atoms with Gasteiger partial charge in [0.05, 0.1) is 5.56 Å². The molecule has 0 radical (unpaired) electrons. The van der Waals surface area contributed by atoms with Crippen LogP contribution in [0.4, 0.5) is 0 Å². The number of hydrogen-bond acceptors (Lipinski definition) is 3. The monoisotopic (exact) mass is 287 g/mol. The molecule has 0 saturated carbocycles. The molecule has 0 aromatic carbocycles. The van der Waals surface area contributed by atoms with Crippen molar-refractivity contribution in [1.82, 2.24) is 14.8 Å². The highest BCUT2D eigenvalue weighted by Gasteiger charge is 2.52. The van der Waals surface area contributed by atoms with Gasteiger partial charge in [0.2, 0.25) is 5.91 Å². The molecule has 1 unspecified atom stereocenters. The molecular weight excluding hydrogens is 266 g/mol. The summed E-state index contributed by atoms with van der Waals surface area (Å²) in [6.07, 6.45) is 6.74. The summed E-state index contributed by atoms with van der Waals surface area (Å²) in [6.45, 7) is 3.37. The maximum absolute atomic E-state index is 12.8. The Hall–Kier alpha value is -1.91. The van der Waals surface area contributed by atoms with Crippen LogP contribution in [0.1, 0.15) is 41.6 Å². The first kappa shape index (κ1) is 14.0. The zero-order valence-corrected chi connectivity index (χ0v) is 12.6. The van der Waals surface area contributed by atoms with Gasteiger partial charge in [-0.05, 0) is 44.2 Å². The van der Waals surface area contributed by atoms with E-state index in [0.29, 0.717) is 12.1 Å². The van der Waals surface area contributed by atoms with Crippen molar-refractivity contribution in [3.05, 3.63) is 29.6 Å². The highest BCUT2D eigenvalue weighted by molar-refractivity contribution is 5.99. The molecule has 5 nitrogen and oxygen atoms in total. The van der Waals surface area contributed by atoms with Gasteiger partial charge < -0.3 is 9.80 Å². The minimum atomic E-state index is -0.617. The zero-order valence-electron chi connectivity index (χ0n) is 12.6. The Morgan fingerprint density at radius 2 is 1.95 bits per heavy atom. The summed E-state index contributed by atoms with van der Waals surface area (Å²) in [4.78, 5) is 33.2. The lowest BCUT2D eigenvalue weighted by atomic mass is 9.85. The molecule has 2 amide bonds. The van der Waals surface area contributed by atoms with Gasteiger partial charge in [0, 0.05) is 32.5 Å². The third-order valence-electron chi connectivity index (χ3n) is 4.68. The Morgan fingerprint density at radius 3 is 2.67 bits per heavy atom. The second-order valence-corrected chi connectivity index (χ2v) is 6.17. The van der Waals surface area contributed by atoms with Crippen LogP contribution in [0.3, 0.4) is 0 Å². The summed E-state index contributed by atoms with van der Waals surface area (Å²) in [7, 11) is 1.83. The van der Waals surface area contributed by atoms with Gasteiger partial charge in [0.25, 0.3) is 5.91 Å². The number of aryl methyl sites for hydroxylation is 1. The molecule has 2 aliphatic heterocycles. The van der Waals surface area contributed by atoms with E-state index in [1.807, 2.05) is 20.0 Å². The Labute approximate surface area is 124 Å². The normalized spacial score (nSPS) is 25.7. The predicted octanol–water partition coefficient (Wildman–Crippen LogP) is 1.62. The number of carbonyl (C=O) groups is 2. The van der Waals surface area contributed by atoms with E-state index in [1.165, 1.54) is 0 Å². The molecule has 21 heavy (non-hydrogen) atoms. The fourth-order valence-electron chi connectivity index (χ4n) is 3.66. The predicted molar refractivity (Wildman–Crippen MR) is 78.8 cm³/mol. The van der Waals surface area contributed by atoms with Gasteiger partial charge in [-0.25, -0.2) is 0 Å². The van der Waals surface area contributed by atoms with Crippen LogP contribution in [0.5, 0.6) is 0 Å². The zero-order chi connectivity index (χ0) is 15.0. The molecule has 2 aliphatic rings. The molecule has 0 bridgehead atoms. The van der Waals surface area contributed by atoms with Gasteiger partial charge in [-0.1, -0.05) is 0 Å². The van der Waals surface area contributed by atoms with Crippen LogP contribution < -0.4 is 0 Å². The van der Waals surface area contributed by atoms with Crippen molar-refractivity contribution >= 4 is 11.8 Å². The summed E-state index contributed by atoms with van der Waals surface area (Å²) < 4.78 is 0. The summed E-state index contributed by atoms with van der Waals surface area (Å²) in [6, 6.07) is 1.85. The quantitative estimate of drug-likeness (QED) is 0.788. The Balaban J connectivity index is 1.94. The highest BCUT2D eigenvalue weighted by Crippen LogP contribution is 2.38. The molecular formula is C16H21N3O2. The molecule has 1 aromatic rings. The van der Waals surface area contributed by atoms with Gasteiger partial charge in [-0.2, -0.15) is 0 Å². The number of amides is 2. The number of rotatable bonds is 1. The maximum atomic E-state index is 12.8. The van der Waals surface area contributed by atoms with Crippen LogP contribution >= 0.6 is 0 Å². The molecule has 0 N–H and O–H groups in total. The minimum absolute atomic E-state index is 0.0626. The number of hydrogen-bond donors (Lipinski definition) is 0. The number of pyridine rings is 1. The lowest BCUT2D eigenvalue weighted by Crippen LogP contribution is -2.60. The first-order valence-corrected chi connectivity index (χ1v) is 7.54. The topological polar surface area (TPSA) is 53.5 Å². The van der Waals surface area contributed by atoms with Gasteiger partial charge in [0.15, 0.2) is 0 Å². The van der Waals surface area contributed by atoms with Crippen LogP contribution in [0.25, 0.3) is 0 Å². The summed E-state index contributed by atoms with van der Waals surface area (Å²) in [5.74, 6) is 0.0348. The molecule has 1 atom stereocenters. The summed E-state index contributed by atoms with van der Waals surface area (Å²) >= 11 is 0. The minimum Gasteiger partial charge on any atom is -0.344 e. The van der Waals surface area contributed by atoms with E-state index in [0.717, 1.165) is 37.8 Å². The van der Waals surface area contributed by atoms with Gasteiger partial charge >= 0.3 is 0 Å². The van der Waals surface area contributed by atoms with Crippen molar-refractivity contribution in [2.24, 2.45) is 0 Å². The van der Waals surface area contributed by atoms with E-state index < -0.39 is 5.54 Å². The molecule has 5 heteroatoms. The SMILES string of the molecule is Cc1cncc(C(=O)N2CCCC23CCCN(C)C3=O)c1. The van der Waals surface area contributed by atoms with E-state index in [2.05, 4.69) is 4.98 Å². The molecule has 0 aliphatic carbocycles. The number of carbonyl (C=O) groups excluding carboxylic acids is 2. The first-order chi connectivity index (χ1) is 10.0. The highest BCUT2D eigenvalue weighted by atomic mass is 16.2. The van der Waals surface area contributed by atoms with E-state index in [1.54, 1.807) is 22.2 Å². The van der Waals surface area contributed by atoms with Crippen LogP contribution in [-0.2, 0) is 4.79 Å². The largest absolute Gasteiger partial charge is 0.344 e. The molecule has 1 aromatic heterocycles. The van der Waals surface area contributed by atoms with E-state index in [4.69, 9.17) is 0 Å². The van der Waals surface area contributed by atoms with Gasteiger partial charge in [0.1, 0.15) is 5.54 Å². The van der Waals surface area contributed by atoms with Crippen LogP contribution in [0, 0.1) is 6.92 Å². The smallest absolute Gasteiger partial charge is 0.256 e. The first-order valence-electron chi connectivity index (χ1n) is 7.54.